The molecule has 2 aliphatic heterocycles. The number of fused-ring (bicyclic) bond motifs is 1. The van der Waals surface area contributed by atoms with Gasteiger partial charge in [-0.05, 0) is 6.92 Å². The number of rotatable bonds is 6. The van der Waals surface area contributed by atoms with E-state index in [4.69, 9.17) is 36.1 Å². The Morgan fingerprint density at radius 3 is 2.85 bits per heavy atom. The lowest BCUT2D eigenvalue weighted by atomic mass is 10.2. The van der Waals surface area contributed by atoms with Gasteiger partial charge in [0, 0.05) is 32.4 Å². The highest BCUT2D eigenvalue weighted by molar-refractivity contribution is 8.07. The van der Waals surface area contributed by atoms with Crippen molar-refractivity contribution in [2.75, 3.05) is 19.5 Å². The summed E-state index contributed by atoms with van der Waals surface area (Å²) in [4.78, 5) is 18.6. The van der Waals surface area contributed by atoms with Gasteiger partial charge in [-0.1, -0.05) is 6.92 Å². The monoisotopic (exact) mass is 403 g/mol. The van der Waals surface area contributed by atoms with E-state index in [9.17, 15) is 4.89 Å². The molecule has 4 atom stereocenters. The van der Waals surface area contributed by atoms with Crippen molar-refractivity contribution in [3.05, 3.63) is 23.5 Å². The summed E-state index contributed by atoms with van der Waals surface area (Å²) in [6, 6.07) is 0. The van der Waals surface area contributed by atoms with E-state index in [0.29, 0.717) is 35.3 Å². The number of amidine groups is 1. The summed E-state index contributed by atoms with van der Waals surface area (Å²) in [6.07, 6.45) is 0.309. The van der Waals surface area contributed by atoms with Crippen LogP contribution in [-0.2, 0) is 30.3 Å². The third-order valence-electron chi connectivity index (χ3n) is 4.08. The Labute approximate surface area is 156 Å². The quantitative estimate of drug-likeness (QED) is 0.609. The molecule has 26 heavy (non-hydrogen) atoms. The van der Waals surface area contributed by atoms with E-state index in [1.165, 1.54) is 14.2 Å². The van der Waals surface area contributed by atoms with Crippen LogP contribution in [0, 0.1) is 0 Å². The van der Waals surface area contributed by atoms with Crippen molar-refractivity contribution >= 4 is 30.2 Å². The minimum absolute atomic E-state index is 0.320. The molecule has 3 heterocycles. The standard InChI is InChI=1S/C14H22N5O5PS/c1-5-8-10(24-25(20,26)22-4)11(21-3)14(23-8)19-6-16-9-12(15)17-7(2)18-13(9)19/h6,11-12,14H,5,15H2,1-4H3,(H,17,18)(H,20,26)/t11?,12?,14-,25?/m1/s1. The molecular formula is C14H22N5O5PS. The number of ether oxygens (including phenoxy) is 2. The molecule has 1 aromatic rings. The van der Waals surface area contributed by atoms with Crippen LogP contribution in [0.3, 0.4) is 0 Å². The molecule has 3 unspecified atom stereocenters. The van der Waals surface area contributed by atoms with E-state index in [1.54, 1.807) is 10.9 Å². The van der Waals surface area contributed by atoms with Gasteiger partial charge >= 0.3 is 6.72 Å². The van der Waals surface area contributed by atoms with Crippen LogP contribution in [0.2, 0.25) is 0 Å². The van der Waals surface area contributed by atoms with Gasteiger partial charge in [0.25, 0.3) is 0 Å². The molecule has 0 saturated heterocycles. The minimum atomic E-state index is -3.43. The second-order valence-corrected chi connectivity index (χ2v) is 8.59. The number of aliphatic imine (C=N–C) groups is 1. The van der Waals surface area contributed by atoms with Crippen LogP contribution < -0.4 is 11.1 Å². The number of allylic oxidation sites excluding steroid dienone is 1. The summed E-state index contributed by atoms with van der Waals surface area (Å²) in [7, 11) is 2.81. The summed E-state index contributed by atoms with van der Waals surface area (Å²) in [5.74, 6) is 2.18. The molecule has 4 N–H and O–H groups in total. The number of anilines is 1. The fourth-order valence-electron chi connectivity index (χ4n) is 2.89. The number of methoxy groups -OCH3 is 1. The van der Waals surface area contributed by atoms with Gasteiger partial charge in [-0.2, -0.15) is 0 Å². The number of nitrogens with two attached hydrogens (primary N) is 1. The van der Waals surface area contributed by atoms with Crippen LogP contribution in [0.5, 0.6) is 0 Å². The molecule has 144 valence electrons. The van der Waals surface area contributed by atoms with Gasteiger partial charge in [-0.3, -0.25) is 4.57 Å². The first kappa shape index (κ1) is 19.3. The zero-order valence-electron chi connectivity index (χ0n) is 14.9. The van der Waals surface area contributed by atoms with E-state index in [0.717, 1.165) is 0 Å². The summed E-state index contributed by atoms with van der Waals surface area (Å²) < 4.78 is 23.8. The first-order valence-electron chi connectivity index (χ1n) is 7.95. The first-order valence-corrected chi connectivity index (χ1v) is 10.5. The lowest BCUT2D eigenvalue weighted by Crippen LogP contribution is -2.29. The van der Waals surface area contributed by atoms with Crippen LogP contribution in [0.4, 0.5) is 5.82 Å². The van der Waals surface area contributed by atoms with Crippen molar-refractivity contribution in [3.8, 4) is 0 Å². The lowest BCUT2D eigenvalue weighted by molar-refractivity contribution is -0.0300. The van der Waals surface area contributed by atoms with Gasteiger partial charge < -0.3 is 34.5 Å². The van der Waals surface area contributed by atoms with Crippen molar-refractivity contribution in [3.63, 3.8) is 0 Å². The predicted octanol–water partition coefficient (Wildman–Crippen LogP) is 1.73. The number of nitrogens with one attached hydrogen (secondary N) is 1. The third-order valence-corrected chi connectivity index (χ3v) is 5.64. The smallest absolute Gasteiger partial charge is 0.377 e. The van der Waals surface area contributed by atoms with E-state index in [2.05, 4.69) is 15.3 Å². The summed E-state index contributed by atoms with van der Waals surface area (Å²) in [6.45, 7) is 0.278. The Kier molecular flexibility index (Phi) is 5.38. The molecule has 0 amide bonds. The van der Waals surface area contributed by atoms with Gasteiger partial charge in [0.2, 0.25) is 6.23 Å². The minimum Gasteiger partial charge on any atom is -0.467 e. The maximum atomic E-state index is 10.1. The van der Waals surface area contributed by atoms with Crippen molar-refractivity contribution in [1.82, 2.24) is 9.55 Å². The second kappa shape index (κ2) is 7.26. The number of hydrogen-bond donors (Lipinski definition) is 3. The average molecular weight is 403 g/mol. The molecule has 0 radical (unpaired) electrons. The largest absolute Gasteiger partial charge is 0.467 e. The maximum Gasteiger partial charge on any atom is 0.377 e. The summed E-state index contributed by atoms with van der Waals surface area (Å²) >= 11 is 4.96. The fraction of sp³-hybridized carbons (Fsp3) is 0.571. The molecule has 0 aliphatic carbocycles. The second-order valence-electron chi connectivity index (χ2n) is 5.72. The number of nitrogens with zero attached hydrogens (tertiary/aromatic N) is 3. The molecule has 10 nitrogen and oxygen atoms in total. The fourth-order valence-corrected chi connectivity index (χ4v) is 3.66. The predicted molar refractivity (Wildman–Crippen MR) is 98.7 cm³/mol. The van der Waals surface area contributed by atoms with E-state index < -0.39 is 25.2 Å². The van der Waals surface area contributed by atoms with Crippen molar-refractivity contribution in [1.29, 1.82) is 0 Å². The molecule has 0 bridgehead atoms. The summed E-state index contributed by atoms with van der Waals surface area (Å²) in [5, 5.41) is 3.16. The third kappa shape index (κ3) is 3.38. The van der Waals surface area contributed by atoms with Crippen LogP contribution >= 0.6 is 6.72 Å². The summed E-state index contributed by atoms with van der Waals surface area (Å²) in [5.41, 5.74) is 6.63. The topological polar surface area (TPSA) is 125 Å². The molecular weight excluding hydrogens is 381 g/mol. The normalized spacial score (nSPS) is 27.3. The average Bonchev–Trinajstić information content (AvgIpc) is 3.15. The first-order chi connectivity index (χ1) is 12.3. The SMILES string of the molecule is CCC1=C(OP(O)(=S)OC)C(OC)[C@H](n2cnc3c2NC(C)=NC3N)O1. The Morgan fingerprint density at radius 2 is 2.23 bits per heavy atom. The highest BCUT2D eigenvalue weighted by atomic mass is 32.5. The zero-order valence-corrected chi connectivity index (χ0v) is 16.6. The molecule has 0 saturated carbocycles. The molecule has 0 spiro atoms. The molecule has 0 fully saturated rings. The van der Waals surface area contributed by atoms with Gasteiger partial charge in [-0.15, -0.1) is 0 Å². The zero-order chi connectivity index (χ0) is 19.1. The van der Waals surface area contributed by atoms with Gasteiger partial charge in [-0.25, -0.2) is 9.98 Å². The van der Waals surface area contributed by atoms with Crippen LogP contribution in [0.25, 0.3) is 0 Å². The molecule has 2 aliphatic rings. The van der Waals surface area contributed by atoms with Crippen molar-refractivity contribution in [2.24, 2.45) is 10.7 Å². The van der Waals surface area contributed by atoms with Crippen molar-refractivity contribution < 1.29 is 23.4 Å². The molecule has 12 heteroatoms. The number of imidazole rings is 1. The van der Waals surface area contributed by atoms with Gasteiger partial charge in [0.15, 0.2) is 11.9 Å². The Hall–Kier alpha value is -1.49. The molecule has 1 aromatic heterocycles. The maximum absolute atomic E-state index is 10.1. The van der Waals surface area contributed by atoms with E-state index in [1.807, 2.05) is 13.8 Å². The molecule has 3 rings (SSSR count). The highest BCUT2D eigenvalue weighted by Gasteiger charge is 2.43. The Bertz CT molecular complexity index is 810. The Balaban J connectivity index is 1.96. The lowest BCUT2D eigenvalue weighted by Gasteiger charge is -2.25. The number of hydrogen-bond acceptors (Lipinski definition) is 9. The van der Waals surface area contributed by atoms with Crippen LogP contribution in [0.1, 0.15) is 38.4 Å². The van der Waals surface area contributed by atoms with Gasteiger partial charge in [0.1, 0.15) is 29.3 Å². The molecule has 0 aromatic carbocycles. The number of aromatic nitrogens is 2. The highest BCUT2D eigenvalue weighted by Crippen LogP contribution is 2.50. The van der Waals surface area contributed by atoms with Crippen LogP contribution in [0.15, 0.2) is 22.8 Å². The van der Waals surface area contributed by atoms with E-state index in [-0.39, 0.29) is 0 Å². The van der Waals surface area contributed by atoms with Crippen LogP contribution in [-0.4, -0.2) is 40.6 Å². The Morgan fingerprint density at radius 1 is 1.50 bits per heavy atom. The van der Waals surface area contributed by atoms with E-state index >= 15 is 0 Å². The van der Waals surface area contributed by atoms with Gasteiger partial charge in [0.05, 0.1) is 6.33 Å². The van der Waals surface area contributed by atoms with Crippen molar-refractivity contribution in [2.45, 2.75) is 38.8 Å².